The van der Waals surface area contributed by atoms with Gasteiger partial charge >= 0.3 is 0 Å². The first-order valence-electron chi connectivity index (χ1n) is 24.4. The van der Waals surface area contributed by atoms with Gasteiger partial charge in [-0.1, -0.05) is 146 Å². The fourth-order valence-electron chi connectivity index (χ4n) is 10.5. The van der Waals surface area contributed by atoms with Crippen molar-refractivity contribution in [3.8, 4) is 44.5 Å². The van der Waals surface area contributed by atoms with Crippen LogP contribution in [0, 0.1) is 0 Å². The number of pyridine rings is 2. The Bertz CT molecular complexity index is 4060. The third-order valence-electron chi connectivity index (χ3n) is 13.9. The molecule has 0 unspecified atom stereocenters. The van der Waals surface area contributed by atoms with E-state index in [1.165, 1.54) is 65.7 Å². The molecule has 0 atom stereocenters. The van der Waals surface area contributed by atoms with E-state index < -0.39 is 0 Å². The molecule has 0 amide bonds. The molecule has 0 bridgehead atoms. The molecule has 338 valence electrons. The Balaban J connectivity index is 1.02. The maximum Gasteiger partial charge on any atom is 0.0468 e. The van der Waals surface area contributed by atoms with Gasteiger partial charge in [0.2, 0.25) is 0 Å². The average molecular weight is 919 g/mol. The first kappa shape index (κ1) is 42.5. The van der Waals surface area contributed by atoms with Gasteiger partial charge in [0, 0.05) is 69.7 Å². The van der Waals surface area contributed by atoms with Crippen molar-refractivity contribution in [3.05, 3.63) is 280 Å². The van der Waals surface area contributed by atoms with Gasteiger partial charge < -0.3 is 9.80 Å². The molecular formula is C68H46N4. The molecule has 4 heteroatoms. The Kier molecular flexibility index (Phi) is 10.8. The van der Waals surface area contributed by atoms with Crippen LogP contribution in [0.25, 0.3) is 87.6 Å². The zero-order valence-electron chi connectivity index (χ0n) is 39.3. The first-order chi connectivity index (χ1) is 35.7. The summed E-state index contributed by atoms with van der Waals surface area (Å²) >= 11 is 0. The van der Waals surface area contributed by atoms with Gasteiger partial charge in [-0.05, 0) is 186 Å². The van der Waals surface area contributed by atoms with Crippen LogP contribution in [0.5, 0.6) is 0 Å². The van der Waals surface area contributed by atoms with Gasteiger partial charge in [0.05, 0.1) is 0 Å². The fraction of sp³-hybridized carbons (Fsp3) is 0. The molecule has 0 radical (unpaired) electrons. The van der Waals surface area contributed by atoms with Crippen molar-refractivity contribution in [3.63, 3.8) is 0 Å². The summed E-state index contributed by atoms with van der Waals surface area (Å²) < 4.78 is 0. The summed E-state index contributed by atoms with van der Waals surface area (Å²) in [5.74, 6) is 0. The maximum atomic E-state index is 4.37. The highest BCUT2D eigenvalue weighted by molar-refractivity contribution is 6.22. The lowest BCUT2D eigenvalue weighted by Crippen LogP contribution is -2.12. The van der Waals surface area contributed by atoms with Gasteiger partial charge in [0.25, 0.3) is 0 Å². The third-order valence-corrected chi connectivity index (χ3v) is 13.9. The second kappa shape index (κ2) is 18.4. The van der Waals surface area contributed by atoms with Gasteiger partial charge in [-0.15, -0.1) is 0 Å². The SMILES string of the molecule is c1ccc(N(c2ccccc2)c2ccc(N(c3ccccc3)c3ccc4c(-c5cccc(-c6ccc7cnccc7c6)c5)c5ccccc5c(-c5cccc(-c6ccc7cnccc7c6)c5)c4c3)cc2)cc1. The van der Waals surface area contributed by atoms with Crippen LogP contribution in [0.2, 0.25) is 0 Å². The fourth-order valence-corrected chi connectivity index (χ4v) is 10.5. The summed E-state index contributed by atoms with van der Waals surface area (Å²) in [7, 11) is 0. The van der Waals surface area contributed by atoms with Crippen LogP contribution in [0.4, 0.5) is 34.1 Å². The van der Waals surface area contributed by atoms with Crippen molar-refractivity contribution in [2.45, 2.75) is 0 Å². The summed E-state index contributed by atoms with van der Waals surface area (Å²) in [6.45, 7) is 0. The lowest BCUT2D eigenvalue weighted by molar-refractivity contribution is 1.26. The predicted molar refractivity (Wildman–Crippen MR) is 303 cm³/mol. The third kappa shape index (κ3) is 7.87. The number of fused-ring (bicyclic) bond motifs is 4. The monoisotopic (exact) mass is 918 g/mol. The molecule has 0 N–H and O–H groups in total. The van der Waals surface area contributed by atoms with Crippen molar-refractivity contribution in [2.75, 3.05) is 9.80 Å². The number of hydrogen-bond donors (Lipinski definition) is 0. The van der Waals surface area contributed by atoms with E-state index >= 15 is 0 Å². The molecule has 2 aromatic heterocycles. The number of rotatable bonds is 10. The molecule has 0 aliphatic rings. The van der Waals surface area contributed by atoms with Crippen LogP contribution in [0.15, 0.2) is 280 Å². The number of benzene rings is 11. The van der Waals surface area contributed by atoms with E-state index in [9.17, 15) is 0 Å². The van der Waals surface area contributed by atoms with Crippen LogP contribution in [0.1, 0.15) is 0 Å². The van der Waals surface area contributed by atoms with Crippen molar-refractivity contribution >= 4 is 77.2 Å². The minimum absolute atomic E-state index is 1.06. The highest BCUT2D eigenvalue weighted by Crippen LogP contribution is 2.48. The highest BCUT2D eigenvalue weighted by atomic mass is 15.2. The molecule has 0 spiro atoms. The standard InChI is InChI=1S/C68H46N4/c1-4-18-57(19-5-1)71(58-20-6-2-7-21-58)60-30-32-61(33-31-60)72(59-22-8-3-9-23-59)62-34-35-65-66(44-62)68(54-17-13-15-48(43-54)50-27-29-56-46-70-39-37-52(56)41-50)64-25-11-10-24-63(64)67(65)53-16-12-14-47(42-53)49-26-28-55-45-69-38-36-51(55)40-49/h1-46H. The lowest BCUT2D eigenvalue weighted by atomic mass is 9.84. The number of para-hydroxylation sites is 3. The van der Waals surface area contributed by atoms with E-state index in [2.05, 4.69) is 275 Å². The van der Waals surface area contributed by atoms with Crippen molar-refractivity contribution < 1.29 is 0 Å². The van der Waals surface area contributed by atoms with E-state index in [4.69, 9.17) is 0 Å². The second-order valence-corrected chi connectivity index (χ2v) is 18.3. The smallest absolute Gasteiger partial charge is 0.0468 e. The zero-order valence-corrected chi connectivity index (χ0v) is 39.3. The van der Waals surface area contributed by atoms with Gasteiger partial charge in [-0.25, -0.2) is 0 Å². The minimum Gasteiger partial charge on any atom is -0.311 e. The normalized spacial score (nSPS) is 11.3. The summed E-state index contributed by atoms with van der Waals surface area (Å²) in [6.07, 6.45) is 7.59. The topological polar surface area (TPSA) is 32.3 Å². The van der Waals surface area contributed by atoms with Gasteiger partial charge in [0.15, 0.2) is 0 Å². The average Bonchev–Trinajstić information content (AvgIpc) is 3.46. The van der Waals surface area contributed by atoms with Gasteiger partial charge in [-0.2, -0.15) is 0 Å². The Morgan fingerprint density at radius 3 is 1.08 bits per heavy atom. The van der Waals surface area contributed by atoms with Crippen LogP contribution < -0.4 is 9.80 Å². The number of hydrogen-bond acceptors (Lipinski definition) is 4. The quantitative estimate of drug-likeness (QED) is 0.128. The van der Waals surface area contributed by atoms with Crippen LogP contribution in [-0.2, 0) is 0 Å². The van der Waals surface area contributed by atoms with Gasteiger partial charge in [0.1, 0.15) is 0 Å². The van der Waals surface area contributed by atoms with Crippen LogP contribution >= 0.6 is 0 Å². The van der Waals surface area contributed by atoms with E-state index in [0.717, 1.165) is 56.0 Å². The molecule has 0 saturated heterocycles. The van der Waals surface area contributed by atoms with E-state index in [-0.39, 0.29) is 0 Å². The summed E-state index contributed by atoms with van der Waals surface area (Å²) in [5, 5.41) is 9.35. The van der Waals surface area contributed by atoms with Crippen molar-refractivity contribution in [1.82, 2.24) is 9.97 Å². The van der Waals surface area contributed by atoms with E-state index in [1.54, 1.807) is 0 Å². The zero-order chi connectivity index (χ0) is 47.8. The molecule has 0 fully saturated rings. The number of anilines is 6. The summed E-state index contributed by atoms with van der Waals surface area (Å²) in [4.78, 5) is 13.4. The molecule has 4 nitrogen and oxygen atoms in total. The number of aromatic nitrogens is 2. The first-order valence-corrected chi connectivity index (χ1v) is 24.4. The summed E-state index contributed by atoms with van der Waals surface area (Å²) in [6, 6.07) is 92.4. The minimum atomic E-state index is 1.06. The lowest BCUT2D eigenvalue weighted by Gasteiger charge is -2.29. The van der Waals surface area contributed by atoms with Gasteiger partial charge in [-0.3, -0.25) is 9.97 Å². The van der Waals surface area contributed by atoms with Crippen molar-refractivity contribution in [1.29, 1.82) is 0 Å². The molecule has 11 aromatic carbocycles. The Morgan fingerprint density at radius 2 is 0.597 bits per heavy atom. The molecule has 0 aliphatic carbocycles. The molecular weight excluding hydrogens is 873 g/mol. The highest BCUT2D eigenvalue weighted by Gasteiger charge is 2.22. The summed E-state index contributed by atoms with van der Waals surface area (Å²) in [5.41, 5.74) is 15.9. The molecule has 13 aromatic rings. The number of nitrogens with zero attached hydrogens (tertiary/aromatic N) is 4. The molecule has 0 saturated carbocycles. The maximum absolute atomic E-state index is 4.37. The van der Waals surface area contributed by atoms with Crippen LogP contribution in [0.3, 0.4) is 0 Å². The molecule has 72 heavy (non-hydrogen) atoms. The van der Waals surface area contributed by atoms with Crippen molar-refractivity contribution in [2.24, 2.45) is 0 Å². The van der Waals surface area contributed by atoms with Crippen LogP contribution in [-0.4, -0.2) is 9.97 Å². The molecule has 0 aliphatic heterocycles. The van der Waals surface area contributed by atoms with E-state index in [0.29, 0.717) is 0 Å². The molecule has 13 rings (SSSR count). The Morgan fingerprint density at radius 1 is 0.222 bits per heavy atom. The van der Waals surface area contributed by atoms with E-state index in [1.807, 2.05) is 24.8 Å². The Hall–Kier alpha value is -9.64. The largest absolute Gasteiger partial charge is 0.311 e. The predicted octanol–water partition coefficient (Wildman–Crippen LogP) is 18.7. The Labute approximate surface area is 419 Å². The molecule has 2 heterocycles. The second-order valence-electron chi connectivity index (χ2n) is 18.3.